The van der Waals surface area contributed by atoms with Crippen LogP contribution in [0.15, 0.2) is 24.3 Å². The van der Waals surface area contributed by atoms with E-state index in [1.807, 2.05) is 36.2 Å². The van der Waals surface area contributed by atoms with Crippen LogP contribution < -0.4 is 10.1 Å². The standard InChI is InChI=1S/C16H23N3O4S/c1-18-7-8-19(15-11-24(21,22)10-14(15)18)16(20)17-9-12-3-5-13(23-2)6-4-12/h3-6,14-15H,7-11H2,1-2H3,(H,17,20)/t14-,15+/m1/s1. The van der Waals surface area contributed by atoms with Crippen molar-refractivity contribution in [3.05, 3.63) is 29.8 Å². The monoisotopic (exact) mass is 353 g/mol. The quantitative estimate of drug-likeness (QED) is 0.847. The van der Waals surface area contributed by atoms with Crippen molar-refractivity contribution in [2.45, 2.75) is 18.6 Å². The number of ether oxygens (including phenoxy) is 1. The molecule has 2 saturated heterocycles. The van der Waals surface area contributed by atoms with Crippen molar-refractivity contribution < 1.29 is 17.9 Å². The molecule has 0 saturated carbocycles. The summed E-state index contributed by atoms with van der Waals surface area (Å²) in [6.07, 6.45) is 0. The highest BCUT2D eigenvalue weighted by molar-refractivity contribution is 7.91. The highest BCUT2D eigenvalue weighted by Gasteiger charge is 2.46. The maximum Gasteiger partial charge on any atom is 0.318 e. The lowest BCUT2D eigenvalue weighted by atomic mass is 10.1. The van der Waals surface area contributed by atoms with Gasteiger partial charge >= 0.3 is 6.03 Å². The predicted octanol–water partition coefficient (Wildman–Crippen LogP) is 0.318. The van der Waals surface area contributed by atoms with Gasteiger partial charge in [-0.15, -0.1) is 0 Å². The van der Waals surface area contributed by atoms with Crippen molar-refractivity contribution in [3.8, 4) is 5.75 Å². The Morgan fingerprint density at radius 2 is 1.88 bits per heavy atom. The zero-order valence-electron chi connectivity index (χ0n) is 13.9. The fourth-order valence-electron chi connectivity index (χ4n) is 3.40. The van der Waals surface area contributed by atoms with E-state index in [1.165, 1.54) is 0 Å². The number of fused-ring (bicyclic) bond motifs is 1. The van der Waals surface area contributed by atoms with E-state index >= 15 is 0 Å². The van der Waals surface area contributed by atoms with Crippen LogP contribution in [0.4, 0.5) is 4.79 Å². The molecule has 132 valence electrons. The number of sulfone groups is 1. The normalized spacial score (nSPS) is 26.0. The molecule has 0 aromatic heterocycles. The van der Waals surface area contributed by atoms with Gasteiger partial charge in [0.1, 0.15) is 5.75 Å². The molecule has 2 fully saturated rings. The van der Waals surface area contributed by atoms with Gasteiger partial charge in [-0.25, -0.2) is 13.2 Å². The molecule has 3 rings (SSSR count). The first-order valence-corrected chi connectivity index (χ1v) is 9.80. The van der Waals surface area contributed by atoms with E-state index in [1.54, 1.807) is 12.0 Å². The van der Waals surface area contributed by atoms with Crippen LogP contribution in [-0.4, -0.2) is 75.1 Å². The maximum absolute atomic E-state index is 12.5. The summed E-state index contributed by atoms with van der Waals surface area (Å²) in [6.45, 7) is 1.63. The number of benzene rings is 1. The second-order valence-electron chi connectivity index (χ2n) is 6.39. The minimum absolute atomic E-state index is 0.0535. The SMILES string of the molecule is COc1ccc(CNC(=O)N2CCN(C)[C@@H]3CS(=O)(=O)C[C@@H]32)cc1. The predicted molar refractivity (Wildman–Crippen MR) is 90.8 cm³/mol. The van der Waals surface area contributed by atoms with Crippen LogP contribution in [0, 0.1) is 0 Å². The zero-order chi connectivity index (χ0) is 17.3. The first-order chi connectivity index (χ1) is 11.4. The molecule has 8 heteroatoms. The number of nitrogens with one attached hydrogen (secondary N) is 1. The summed E-state index contributed by atoms with van der Waals surface area (Å²) in [4.78, 5) is 16.3. The summed E-state index contributed by atoms with van der Waals surface area (Å²) in [5.74, 6) is 0.956. The maximum atomic E-state index is 12.5. The molecule has 2 atom stereocenters. The van der Waals surface area contributed by atoms with Gasteiger partial charge in [0.25, 0.3) is 0 Å². The van der Waals surface area contributed by atoms with Crippen molar-refractivity contribution in [1.82, 2.24) is 15.1 Å². The van der Waals surface area contributed by atoms with Gasteiger partial charge in [-0.1, -0.05) is 12.1 Å². The Balaban J connectivity index is 1.63. The highest BCUT2D eigenvalue weighted by atomic mass is 32.2. The minimum Gasteiger partial charge on any atom is -0.497 e. The van der Waals surface area contributed by atoms with Gasteiger partial charge < -0.3 is 15.0 Å². The minimum atomic E-state index is -3.08. The lowest BCUT2D eigenvalue weighted by Crippen LogP contribution is -2.61. The van der Waals surface area contributed by atoms with E-state index in [9.17, 15) is 13.2 Å². The van der Waals surface area contributed by atoms with Crippen molar-refractivity contribution in [1.29, 1.82) is 0 Å². The van der Waals surface area contributed by atoms with Crippen molar-refractivity contribution in [2.24, 2.45) is 0 Å². The van der Waals surface area contributed by atoms with Crippen molar-refractivity contribution in [2.75, 3.05) is 38.8 Å². The van der Waals surface area contributed by atoms with E-state index in [0.29, 0.717) is 19.6 Å². The number of urea groups is 1. The first-order valence-electron chi connectivity index (χ1n) is 7.98. The van der Waals surface area contributed by atoms with Crippen molar-refractivity contribution >= 4 is 15.9 Å². The number of methoxy groups -OCH3 is 1. The summed E-state index contributed by atoms with van der Waals surface area (Å²) >= 11 is 0. The van der Waals surface area contributed by atoms with Crippen LogP contribution in [-0.2, 0) is 16.4 Å². The van der Waals surface area contributed by atoms with Gasteiger partial charge in [0.2, 0.25) is 0 Å². The van der Waals surface area contributed by atoms with Gasteiger partial charge in [-0.05, 0) is 24.7 Å². The first kappa shape index (κ1) is 17.0. The van der Waals surface area contributed by atoms with Crippen LogP contribution in [0.3, 0.4) is 0 Å². The smallest absolute Gasteiger partial charge is 0.318 e. The molecule has 7 nitrogen and oxygen atoms in total. The van der Waals surface area contributed by atoms with Crippen molar-refractivity contribution in [3.63, 3.8) is 0 Å². The Morgan fingerprint density at radius 1 is 1.21 bits per heavy atom. The summed E-state index contributed by atoms with van der Waals surface area (Å²) in [5.41, 5.74) is 0.967. The number of carbonyl (C=O) groups is 1. The van der Waals surface area contributed by atoms with Gasteiger partial charge in [0, 0.05) is 25.7 Å². The van der Waals surface area contributed by atoms with E-state index in [4.69, 9.17) is 4.74 Å². The molecule has 2 aliphatic heterocycles. The molecule has 0 aliphatic carbocycles. The number of nitrogens with zero attached hydrogens (tertiary/aromatic N) is 2. The molecule has 2 heterocycles. The Kier molecular flexibility index (Phi) is 4.69. The van der Waals surface area contributed by atoms with Crippen LogP contribution in [0.1, 0.15) is 5.56 Å². The number of hydrogen-bond acceptors (Lipinski definition) is 5. The fraction of sp³-hybridized carbons (Fsp3) is 0.562. The molecule has 0 radical (unpaired) electrons. The molecular formula is C16H23N3O4S. The van der Waals surface area contributed by atoms with E-state index in [-0.39, 0.29) is 29.6 Å². The van der Waals surface area contributed by atoms with E-state index in [2.05, 4.69) is 5.32 Å². The van der Waals surface area contributed by atoms with E-state index in [0.717, 1.165) is 11.3 Å². The van der Waals surface area contributed by atoms with Crippen LogP contribution in [0.2, 0.25) is 0 Å². The third-order valence-electron chi connectivity index (χ3n) is 4.82. The highest BCUT2D eigenvalue weighted by Crippen LogP contribution is 2.26. The van der Waals surface area contributed by atoms with Gasteiger partial charge in [0.05, 0.1) is 24.7 Å². The van der Waals surface area contributed by atoms with Gasteiger partial charge in [0.15, 0.2) is 9.84 Å². The Morgan fingerprint density at radius 3 is 2.54 bits per heavy atom. The van der Waals surface area contributed by atoms with Crippen LogP contribution in [0.5, 0.6) is 5.75 Å². The summed E-state index contributed by atoms with van der Waals surface area (Å²) in [7, 11) is 0.449. The average molecular weight is 353 g/mol. The number of amides is 2. The molecule has 2 amide bonds. The molecule has 0 bridgehead atoms. The molecule has 24 heavy (non-hydrogen) atoms. The molecule has 0 spiro atoms. The topological polar surface area (TPSA) is 79.0 Å². The lowest BCUT2D eigenvalue weighted by molar-refractivity contribution is 0.0832. The Hall–Kier alpha value is -1.80. The molecular weight excluding hydrogens is 330 g/mol. The lowest BCUT2D eigenvalue weighted by Gasteiger charge is -2.42. The fourth-order valence-corrected chi connectivity index (χ4v) is 5.46. The van der Waals surface area contributed by atoms with Crippen LogP contribution >= 0.6 is 0 Å². The third-order valence-corrected chi connectivity index (χ3v) is 6.52. The number of rotatable bonds is 3. The molecule has 1 aromatic carbocycles. The summed E-state index contributed by atoms with van der Waals surface area (Å²) < 4.78 is 29.0. The Bertz CT molecular complexity index is 705. The second-order valence-corrected chi connectivity index (χ2v) is 8.55. The van der Waals surface area contributed by atoms with Gasteiger partial charge in [-0.2, -0.15) is 0 Å². The number of hydrogen-bond donors (Lipinski definition) is 1. The molecule has 0 unspecified atom stereocenters. The summed E-state index contributed by atoms with van der Waals surface area (Å²) in [5, 5.41) is 2.89. The largest absolute Gasteiger partial charge is 0.497 e. The number of carbonyl (C=O) groups excluding carboxylic acids is 1. The summed E-state index contributed by atoms with van der Waals surface area (Å²) in [6, 6.07) is 6.91. The third kappa shape index (κ3) is 3.49. The average Bonchev–Trinajstić information content (AvgIpc) is 2.89. The van der Waals surface area contributed by atoms with Gasteiger partial charge in [-0.3, -0.25) is 4.90 Å². The molecule has 1 aromatic rings. The second kappa shape index (κ2) is 6.60. The molecule has 2 aliphatic rings. The number of piperazine rings is 1. The zero-order valence-corrected chi connectivity index (χ0v) is 14.8. The van der Waals surface area contributed by atoms with E-state index < -0.39 is 9.84 Å². The molecule has 1 N–H and O–H groups in total. The number of likely N-dealkylation sites (N-methyl/N-ethyl adjacent to an activating group) is 1. The Labute approximate surface area is 142 Å². The van der Waals surface area contributed by atoms with Crippen LogP contribution in [0.25, 0.3) is 0 Å².